The number of hydrogen-bond acceptors (Lipinski definition) is 4. The zero-order valence-corrected chi connectivity index (χ0v) is 12.0. The third-order valence-corrected chi connectivity index (χ3v) is 5.06. The lowest BCUT2D eigenvalue weighted by atomic mass is 9.88. The highest BCUT2D eigenvalue weighted by atomic mass is 15.4. The molecule has 1 aromatic rings. The van der Waals surface area contributed by atoms with Crippen LogP contribution in [0.25, 0.3) is 0 Å². The predicted octanol–water partition coefficient (Wildman–Crippen LogP) is 1.95. The molecule has 0 spiro atoms. The first-order valence-corrected chi connectivity index (χ1v) is 7.55. The minimum absolute atomic E-state index is 0.201. The van der Waals surface area contributed by atoms with Crippen LogP contribution in [0.1, 0.15) is 58.2 Å². The minimum Gasteiger partial charge on any atom is -0.335 e. The molecule has 19 heavy (non-hydrogen) atoms. The van der Waals surface area contributed by atoms with Gasteiger partial charge in [-0.1, -0.05) is 19.8 Å². The van der Waals surface area contributed by atoms with Gasteiger partial charge in [-0.3, -0.25) is 5.10 Å². The molecule has 3 rings (SSSR count). The molecule has 5 heteroatoms. The van der Waals surface area contributed by atoms with Gasteiger partial charge in [0.15, 0.2) is 0 Å². The van der Waals surface area contributed by atoms with E-state index in [4.69, 9.17) is 10.7 Å². The van der Waals surface area contributed by atoms with E-state index >= 15 is 0 Å². The van der Waals surface area contributed by atoms with Crippen LogP contribution in [-0.4, -0.2) is 33.8 Å². The predicted molar refractivity (Wildman–Crippen MR) is 76.2 cm³/mol. The summed E-state index contributed by atoms with van der Waals surface area (Å²) in [4.78, 5) is 7.03. The third-order valence-electron chi connectivity index (χ3n) is 5.06. The number of H-pyrrole nitrogens is 1. The lowest BCUT2D eigenvalue weighted by molar-refractivity contribution is 0.415. The number of hydrogen-bond donors (Lipinski definition) is 2. The Balaban J connectivity index is 1.81. The van der Waals surface area contributed by atoms with Crippen molar-refractivity contribution in [3.05, 3.63) is 5.82 Å². The normalized spacial score (nSPS) is 30.8. The number of nitrogens with two attached hydrogens (primary N) is 1. The van der Waals surface area contributed by atoms with Crippen LogP contribution in [0.2, 0.25) is 0 Å². The Bertz CT molecular complexity index is 435. The van der Waals surface area contributed by atoms with Crippen molar-refractivity contribution in [1.29, 1.82) is 0 Å². The highest BCUT2D eigenvalue weighted by Gasteiger charge is 2.35. The van der Waals surface area contributed by atoms with Gasteiger partial charge in [-0.05, 0) is 32.6 Å². The first-order valence-electron chi connectivity index (χ1n) is 7.55. The van der Waals surface area contributed by atoms with Crippen LogP contribution < -0.4 is 10.6 Å². The summed E-state index contributed by atoms with van der Waals surface area (Å²) in [6, 6.07) is 0.562. The summed E-state index contributed by atoms with van der Waals surface area (Å²) in [6.07, 6.45) is 7.28. The van der Waals surface area contributed by atoms with E-state index < -0.39 is 0 Å². The highest BCUT2D eigenvalue weighted by Crippen LogP contribution is 2.39. The Labute approximate surface area is 115 Å². The van der Waals surface area contributed by atoms with E-state index in [9.17, 15) is 0 Å². The fourth-order valence-electron chi connectivity index (χ4n) is 3.50. The molecule has 1 aliphatic carbocycles. The van der Waals surface area contributed by atoms with Crippen molar-refractivity contribution in [2.24, 2.45) is 5.73 Å². The molecule has 2 fully saturated rings. The summed E-state index contributed by atoms with van der Waals surface area (Å²) >= 11 is 0. The van der Waals surface area contributed by atoms with E-state index in [1.807, 2.05) is 0 Å². The molecule has 2 atom stereocenters. The average Bonchev–Trinajstić information content (AvgIpc) is 3.02. The fraction of sp³-hybridized carbons (Fsp3) is 0.857. The van der Waals surface area contributed by atoms with Gasteiger partial charge in [0.2, 0.25) is 5.95 Å². The Kier molecular flexibility index (Phi) is 3.25. The summed E-state index contributed by atoms with van der Waals surface area (Å²) in [6.45, 7) is 5.50. The fourth-order valence-corrected chi connectivity index (χ4v) is 3.50. The lowest BCUT2D eigenvalue weighted by Crippen LogP contribution is -2.51. The van der Waals surface area contributed by atoms with Crippen molar-refractivity contribution in [3.63, 3.8) is 0 Å². The largest absolute Gasteiger partial charge is 0.335 e. The number of aromatic nitrogens is 3. The molecule has 1 aliphatic heterocycles. The van der Waals surface area contributed by atoms with Crippen LogP contribution in [0.15, 0.2) is 0 Å². The van der Waals surface area contributed by atoms with Gasteiger partial charge in [-0.2, -0.15) is 4.98 Å². The Morgan fingerprint density at radius 3 is 2.79 bits per heavy atom. The maximum Gasteiger partial charge on any atom is 0.245 e. The quantitative estimate of drug-likeness (QED) is 0.855. The molecule has 1 aromatic heterocycles. The molecule has 0 aromatic carbocycles. The molecule has 5 nitrogen and oxygen atoms in total. The highest BCUT2D eigenvalue weighted by molar-refractivity contribution is 5.33. The molecule has 1 saturated carbocycles. The number of rotatable bonds is 2. The van der Waals surface area contributed by atoms with Gasteiger partial charge >= 0.3 is 0 Å². The number of nitrogens with zero attached hydrogens (tertiary/aromatic N) is 3. The first-order chi connectivity index (χ1) is 9.10. The van der Waals surface area contributed by atoms with Gasteiger partial charge in [0.05, 0.1) is 0 Å². The monoisotopic (exact) mass is 263 g/mol. The first kappa shape index (κ1) is 12.9. The Morgan fingerprint density at radius 1 is 1.32 bits per heavy atom. The van der Waals surface area contributed by atoms with Gasteiger partial charge in [-0.15, -0.1) is 5.10 Å². The van der Waals surface area contributed by atoms with E-state index in [0.29, 0.717) is 6.04 Å². The lowest BCUT2D eigenvalue weighted by Gasteiger charge is -2.36. The van der Waals surface area contributed by atoms with Gasteiger partial charge in [0.25, 0.3) is 0 Å². The maximum absolute atomic E-state index is 6.15. The number of piperidine rings is 1. The van der Waals surface area contributed by atoms with E-state index in [1.54, 1.807) is 0 Å². The van der Waals surface area contributed by atoms with E-state index in [0.717, 1.165) is 31.2 Å². The average molecular weight is 263 g/mol. The molecule has 0 radical (unpaired) electrons. The number of nitrogens with one attached hydrogen (secondary N) is 1. The minimum atomic E-state index is 0.201. The second-order valence-electron chi connectivity index (χ2n) is 6.49. The molecule has 3 N–H and O–H groups in total. The van der Waals surface area contributed by atoms with Crippen molar-refractivity contribution in [2.45, 2.75) is 69.9 Å². The zero-order valence-electron chi connectivity index (χ0n) is 12.0. The molecule has 106 valence electrons. The number of aromatic amines is 1. The Hall–Kier alpha value is -1.10. The summed E-state index contributed by atoms with van der Waals surface area (Å²) in [5.41, 5.74) is 6.35. The molecular formula is C14H25N5. The standard InChI is InChI=1S/C14H25N5/c1-10-11(15)6-5-9-19(10)13-16-12(17-18-13)14(2)7-3-4-8-14/h10-11H,3-9,15H2,1-2H3,(H,16,17,18). The molecule has 2 aliphatic rings. The molecular weight excluding hydrogens is 238 g/mol. The van der Waals surface area contributed by atoms with Gasteiger partial charge in [0, 0.05) is 24.0 Å². The van der Waals surface area contributed by atoms with Crippen LogP contribution in [0.5, 0.6) is 0 Å². The maximum atomic E-state index is 6.15. The van der Waals surface area contributed by atoms with Crippen molar-refractivity contribution in [2.75, 3.05) is 11.4 Å². The molecule has 2 unspecified atom stereocenters. The third kappa shape index (κ3) is 2.24. The Morgan fingerprint density at radius 2 is 2.05 bits per heavy atom. The van der Waals surface area contributed by atoms with Crippen molar-refractivity contribution in [3.8, 4) is 0 Å². The van der Waals surface area contributed by atoms with E-state index in [1.165, 1.54) is 25.7 Å². The van der Waals surface area contributed by atoms with Crippen LogP contribution in [0.3, 0.4) is 0 Å². The smallest absolute Gasteiger partial charge is 0.245 e. The number of anilines is 1. The van der Waals surface area contributed by atoms with Gasteiger partial charge in [-0.25, -0.2) is 0 Å². The van der Waals surface area contributed by atoms with Crippen LogP contribution in [-0.2, 0) is 5.41 Å². The van der Waals surface area contributed by atoms with Crippen LogP contribution in [0, 0.1) is 0 Å². The second-order valence-corrected chi connectivity index (χ2v) is 6.49. The molecule has 1 saturated heterocycles. The van der Waals surface area contributed by atoms with Gasteiger partial charge in [0.1, 0.15) is 5.82 Å². The molecule has 2 heterocycles. The summed E-state index contributed by atoms with van der Waals surface area (Å²) in [5.74, 6) is 1.90. The van der Waals surface area contributed by atoms with Gasteiger partial charge < -0.3 is 10.6 Å². The second kappa shape index (κ2) is 4.78. The van der Waals surface area contributed by atoms with Crippen molar-refractivity contribution in [1.82, 2.24) is 15.2 Å². The van der Waals surface area contributed by atoms with Crippen LogP contribution >= 0.6 is 0 Å². The van der Waals surface area contributed by atoms with Crippen LogP contribution in [0.4, 0.5) is 5.95 Å². The summed E-state index contributed by atoms with van der Waals surface area (Å²) in [7, 11) is 0. The summed E-state index contributed by atoms with van der Waals surface area (Å²) in [5, 5.41) is 7.63. The van der Waals surface area contributed by atoms with E-state index in [-0.39, 0.29) is 11.5 Å². The molecule has 0 amide bonds. The zero-order chi connectivity index (χ0) is 13.5. The van der Waals surface area contributed by atoms with Crippen molar-refractivity contribution >= 4 is 5.95 Å². The topological polar surface area (TPSA) is 70.8 Å². The summed E-state index contributed by atoms with van der Waals surface area (Å²) < 4.78 is 0. The van der Waals surface area contributed by atoms with E-state index in [2.05, 4.69) is 28.9 Å². The SMILES string of the molecule is CC1C(N)CCCN1c1n[nH]c(C2(C)CCCC2)n1. The van der Waals surface area contributed by atoms with Crippen molar-refractivity contribution < 1.29 is 0 Å². The molecule has 0 bridgehead atoms.